The molecule has 1 aliphatic rings. The number of nitrogens with one attached hydrogen (secondary N) is 1. The van der Waals surface area contributed by atoms with E-state index in [4.69, 9.17) is 12.2 Å². The van der Waals surface area contributed by atoms with Crippen LogP contribution >= 0.6 is 12.2 Å². The Bertz CT molecular complexity index is 967. The molecule has 0 spiro atoms. The molecule has 1 N–H and O–H groups in total. The Morgan fingerprint density at radius 1 is 1.14 bits per heavy atom. The summed E-state index contributed by atoms with van der Waals surface area (Å²) < 4.78 is 2.36. The van der Waals surface area contributed by atoms with E-state index in [1.807, 2.05) is 36.8 Å². The summed E-state index contributed by atoms with van der Waals surface area (Å²) in [5.41, 5.74) is 6.01. The largest absolute Gasteiger partial charge is 0.352 e. The van der Waals surface area contributed by atoms with Gasteiger partial charge in [-0.2, -0.15) is 0 Å². The Labute approximate surface area is 171 Å². The molecule has 6 heteroatoms. The van der Waals surface area contributed by atoms with Gasteiger partial charge in [-0.25, -0.2) is 0 Å². The molecular weight excluding hydrogens is 366 g/mol. The van der Waals surface area contributed by atoms with Gasteiger partial charge in [-0.15, -0.1) is 0 Å². The second kappa shape index (κ2) is 7.72. The molecule has 0 bridgehead atoms. The van der Waals surface area contributed by atoms with Crippen molar-refractivity contribution < 1.29 is 0 Å². The topological polar surface area (TPSA) is 46.0 Å². The average Bonchev–Trinajstić information content (AvgIpc) is 3.20. The van der Waals surface area contributed by atoms with Crippen molar-refractivity contribution in [3.05, 3.63) is 83.2 Å². The van der Waals surface area contributed by atoms with Crippen LogP contribution in [-0.2, 0) is 6.54 Å². The summed E-state index contributed by atoms with van der Waals surface area (Å²) in [5.74, 6) is 0. The summed E-state index contributed by atoms with van der Waals surface area (Å²) in [6, 6.07) is 12.6. The van der Waals surface area contributed by atoms with Gasteiger partial charge < -0.3 is 14.8 Å². The highest BCUT2D eigenvalue weighted by Crippen LogP contribution is 2.40. The number of rotatable bonds is 5. The highest BCUT2D eigenvalue weighted by Gasteiger charge is 2.40. The standard InChI is InChI=1S/C22H25N5S/c1-4-26-21(20(25-22(26)28)19-9-5-6-11-24-19)18-12-15(2)27(16(18)3)14-17-8-7-10-23-13-17/h5-13,20-21H,4,14H2,1-3H3,(H,25,28)/t20-,21+/m0/s1. The molecule has 1 fully saturated rings. The van der Waals surface area contributed by atoms with Crippen LogP contribution in [0.15, 0.2) is 55.0 Å². The molecule has 4 rings (SSSR count). The summed E-state index contributed by atoms with van der Waals surface area (Å²) >= 11 is 5.65. The van der Waals surface area contributed by atoms with E-state index in [1.165, 1.54) is 22.5 Å². The molecule has 1 aliphatic heterocycles. The lowest BCUT2D eigenvalue weighted by atomic mass is 9.97. The lowest BCUT2D eigenvalue weighted by molar-refractivity contribution is 0.329. The third-order valence-electron chi connectivity index (χ3n) is 5.53. The monoisotopic (exact) mass is 391 g/mol. The zero-order valence-electron chi connectivity index (χ0n) is 16.5. The first-order chi connectivity index (χ1) is 13.6. The zero-order chi connectivity index (χ0) is 19.7. The first-order valence-corrected chi connectivity index (χ1v) is 10.0. The minimum absolute atomic E-state index is 0.0426. The summed E-state index contributed by atoms with van der Waals surface area (Å²) in [6.07, 6.45) is 5.59. The van der Waals surface area contributed by atoms with Crippen LogP contribution in [0.2, 0.25) is 0 Å². The van der Waals surface area contributed by atoms with E-state index < -0.39 is 0 Å². The van der Waals surface area contributed by atoms with Gasteiger partial charge in [0.05, 0.1) is 17.8 Å². The number of thiocarbonyl (C=S) groups is 1. The molecule has 0 amide bonds. The minimum atomic E-state index is 0.0426. The van der Waals surface area contributed by atoms with Crippen molar-refractivity contribution in [2.45, 2.75) is 39.4 Å². The third kappa shape index (κ3) is 3.29. The van der Waals surface area contributed by atoms with Crippen molar-refractivity contribution in [1.82, 2.24) is 24.8 Å². The highest BCUT2D eigenvalue weighted by atomic mass is 32.1. The van der Waals surface area contributed by atoms with Gasteiger partial charge in [0.25, 0.3) is 0 Å². The molecule has 28 heavy (non-hydrogen) atoms. The van der Waals surface area contributed by atoms with E-state index in [-0.39, 0.29) is 12.1 Å². The Hall–Kier alpha value is -2.73. The Kier molecular flexibility index (Phi) is 5.13. The fraction of sp³-hybridized carbons (Fsp3) is 0.318. The summed E-state index contributed by atoms with van der Waals surface area (Å²) in [7, 11) is 0. The fourth-order valence-electron chi connectivity index (χ4n) is 4.13. The summed E-state index contributed by atoms with van der Waals surface area (Å²) in [4.78, 5) is 11.1. The van der Waals surface area contributed by atoms with E-state index in [0.717, 1.165) is 23.9 Å². The lowest BCUT2D eigenvalue weighted by Crippen LogP contribution is -2.29. The van der Waals surface area contributed by atoms with Crippen LogP contribution < -0.4 is 5.32 Å². The average molecular weight is 392 g/mol. The highest BCUT2D eigenvalue weighted by molar-refractivity contribution is 7.80. The van der Waals surface area contributed by atoms with Crippen molar-refractivity contribution >= 4 is 17.3 Å². The van der Waals surface area contributed by atoms with Crippen molar-refractivity contribution in [2.24, 2.45) is 0 Å². The van der Waals surface area contributed by atoms with Crippen LogP contribution in [0, 0.1) is 13.8 Å². The Morgan fingerprint density at radius 3 is 2.68 bits per heavy atom. The summed E-state index contributed by atoms with van der Waals surface area (Å²) in [5, 5.41) is 4.29. The van der Waals surface area contributed by atoms with Crippen LogP contribution in [-0.4, -0.2) is 31.1 Å². The molecule has 144 valence electrons. The van der Waals surface area contributed by atoms with Gasteiger partial charge >= 0.3 is 0 Å². The van der Waals surface area contributed by atoms with Gasteiger partial charge in [-0.1, -0.05) is 12.1 Å². The number of likely N-dealkylation sites (N-methyl/N-ethyl adjacent to an activating group) is 1. The summed E-state index contributed by atoms with van der Waals surface area (Å²) in [6.45, 7) is 8.18. The normalized spacial score (nSPS) is 19.1. The van der Waals surface area contributed by atoms with Crippen LogP contribution in [0.5, 0.6) is 0 Å². The molecule has 0 radical (unpaired) electrons. The van der Waals surface area contributed by atoms with Gasteiger partial charge in [0.2, 0.25) is 0 Å². The van der Waals surface area contributed by atoms with Crippen LogP contribution in [0.4, 0.5) is 0 Å². The number of aromatic nitrogens is 3. The Balaban J connectivity index is 1.75. The minimum Gasteiger partial charge on any atom is -0.352 e. The van der Waals surface area contributed by atoms with Gasteiger partial charge in [0.15, 0.2) is 5.11 Å². The first kappa shape index (κ1) is 18.6. The SMILES string of the molecule is CCN1C(=S)N[C@@H](c2ccccn2)[C@H]1c1cc(C)n(Cc2cccnc2)c1C. The lowest BCUT2D eigenvalue weighted by Gasteiger charge is -2.27. The molecule has 0 aliphatic carbocycles. The second-order valence-electron chi connectivity index (χ2n) is 7.19. The maximum Gasteiger partial charge on any atom is 0.170 e. The maximum absolute atomic E-state index is 5.65. The van der Waals surface area contributed by atoms with Crippen LogP contribution in [0.25, 0.3) is 0 Å². The third-order valence-corrected chi connectivity index (χ3v) is 5.89. The van der Waals surface area contributed by atoms with Crippen molar-refractivity contribution in [2.75, 3.05) is 6.54 Å². The molecule has 2 atom stereocenters. The second-order valence-corrected chi connectivity index (χ2v) is 7.57. The molecule has 0 saturated carbocycles. The molecular formula is C22H25N5S. The maximum atomic E-state index is 5.65. The predicted octanol–water partition coefficient (Wildman–Crippen LogP) is 3.94. The van der Waals surface area contributed by atoms with Gasteiger partial charge in [0.1, 0.15) is 0 Å². The van der Waals surface area contributed by atoms with Crippen molar-refractivity contribution in [3.8, 4) is 0 Å². The van der Waals surface area contributed by atoms with Crippen molar-refractivity contribution in [1.29, 1.82) is 0 Å². The molecule has 0 aromatic carbocycles. The van der Waals surface area contributed by atoms with E-state index in [0.29, 0.717) is 0 Å². The molecule has 3 aromatic heterocycles. The number of hydrogen-bond donors (Lipinski definition) is 1. The van der Waals surface area contributed by atoms with E-state index in [9.17, 15) is 0 Å². The van der Waals surface area contributed by atoms with Crippen molar-refractivity contribution in [3.63, 3.8) is 0 Å². The molecule has 0 unspecified atom stereocenters. The smallest absolute Gasteiger partial charge is 0.170 e. The van der Waals surface area contributed by atoms with Gasteiger partial charge in [-0.3, -0.25) is 9.97 Å². The predicted molar refractivity (Wildman–Crippen MR) is 115 cm³/mol. The first-order valence-electron chi connectivity index (χ1n) is 9.63. The molecule has 1 saturated heterocycles. The quantitative estimate of drug-likeness (QED) is 0.668. The fourth-order valence-corrected chi connectivity index (χ4v) is 4.50. The number of aryl methyl sites for hydroxylation is 1. The van der Waals surface area contributed by atoms with Crippen LogP contribution in [0.1, 0.15) is 47.2 Å². The number of nitrogens with zero attached hydrogens (tertiary/aromatic N) is 4. The van der Waals surface area contributed by atoms with Crippen LogP contribution in [0.3, 0.4) is 0 Å². The van der Waals surface area contributed by atoms with E-state index in [1.54, 1.807) is 0 Å². The number of hydrogen-bond acceptors (Lipinski definition) is 3. The van der Waals surface area contributed by atoms with Gasteiger partial charge in [-0.05, 0) is 68.4 Å². The van der Waals surface area contributed by atoms with Gasteiger partial charge in [0, 0.05) is 43.1 Å². The van der Waals surface area contributed by atoms with E-state index >= 15 is 0 Å². The number of pyridine rings is 2. The van der Waals surface area contributed by atoms with E-state index in [2.05, 4.69) is 63.7 Å². The molecule has 3 aromatic rings. The molecule has 4 heterocycles. The molecule has 5 nitrogen and oxygen atoms in total. The zero-order valence-corrected chi connectivity index (χ0v) is 17.3. The Morgan fingerprint density at radius 2 is 2.00 bits per heavy atom.